The monoisotopic (exact) mass is 277 g/mol. The first-order chi connectivity index (χ1) is 9.21. The van der Waals surface area contributed by atoms with Crippen molar-refractivity contribution in [2.75, 3.05) is 5.32 Å². The van der Waals surface area contributed by atoms with Crippen molar-refractivity contribution in [2.24, 2.45) is 0 Å². The lowest BCUT2D eigenvalue weighted by Gasteiger charge is -2.32. The second-order valence-corrected chi connectivity index (χ2v) is 6.31. The second kappa shape index (κ2) is 4.05. The normalized spacial score (nSPS) is 22.9. The Kier molecular flexibility index (Phi) is 2.75. The number of rotatable bonds is 1. The van der Waals surface area contributed by atoms with Crippen LogP contribution in [0.4, 0.5) is 10.1 Å². The zero-order valence-corrected chi connectivity index (χ0v) is 12.0. The number of hydrogen-bond acceptors (Lipinski definition) is 3. The van der Waals surface area contributed by atoms with Crippen LogP contribution in [0.1, 0.15) is 33.3 Å². The molecule has 1 N–H and O–H groups in total. The molecule has 0 atom stereocenters. The lowest BCUT2D eigenvalue weighted by atomic mass is 9.77. The van der Waals surface area contributed by atoms with Gasteiger partial charge in [-0.2, -0.15) is 0 Å². The summed E-state index contributed by atoms with van der Waals surface area (Å²) in [5, 5.41) is 2.63. The fourth-order valence-corrected chi connectivity index (χ4v) is 2.44. The highest BCUT2D eigenvalue weighted by Crippen LogP contribution is 2.37. The van der Waals surface area contributed by atoms with Crippen LogP contribution in [-0.4, -0.2) is 24.2 Å². The predicted octanol–water partition coefficient (Wildman–Crippen LogP) is 1.62. The molecule has 0 aromatic heterocycles. The molecule has 1 fully saturated rings. The summed E-state index contributed by atoms with van der Waals surface area (Å²) in [7, 11) is -0.749. The SMILES string of the molecule is CC1(C)OB(c2ccc3c(c2F)CC(=O)N3)OC1(C)C. The van der Waals surface area contributed by atoms with E-state index < -0.39 is 24.1 Å². The molecule has 1 saturated heterocycles. The summed E-state index contributed by atoms with van der Waals surface area (Å²) in [4.78, 5) is 11.4. The molecule has 2 aliphatic heterocycles. The van der Waals surface area contributed by atoms with Crippen molar-refractivity contribution in [1.82, 2.24) is 0 Å². The molecule has 2 aliphatic rings. The molecule has 6 heteroatoms. The minimum atomic E-state index is -0.749. The van der Waals surface area contributed by atoms with Crippen molar-refractivity contribution in [2.45, 2.75) is 45.3 Å². The van der Waals surface area contributed by atoms with Crippen LogP contribution in [0.15, 0.2) is 12.1 Å². The van der Waals surface area contributed by atoms with E-state index in [1.54, 1.807) is 12.1 Å². The number of hydrogen-bond donors (Lipinski definition) is 1. The van der Waals surface area contributed by atoms with Gasteiger partial charge in [0.25, 0.3) is 0 Å². The number of benzene rings is 1. The minimum absolute atomic E-state index is 0.0640. The van der Waals surface area contributed by atoms with Gasteiger partial charge in [0, 0.05) is 16.7 Å². The Morgan fingerprint density at radius 3 is 2.40 bits per heavy atom. The van der Waals surface area contributed by atoms with E-state index in [4.69, 9.17) is 9.31 Å². The molecule has 1 aromatic carbocycles. The van der Waals surface area contributed by atoms with Gasteiger partial charge in [0.1, 0.15) is 5.82 Å². The molecule has 3 rings (SSSR count). The maximum Gasteiger partial charge on any atom is 0.497 e. The third-order valence-corrected chi connectivity index (χ3v) is 4.39. The highest BCUT2D eigenvalue weighted by Gasteiger charge is 2.52. The zero-order chi connectivity index (χ0) is 14.7. The lowest BCUT2D eigenvalue weighted by Crippen LogP contribution is -2.41. The summed E-state index contributed by atoms with van der Waals surface area (Å²) >= 11 is 0. The van der Waals surface area contributed by atoms with E-state index in [0.29, 0.717) is 16.7 Å². The van der Waals surface area contributed by atoms with Gasteiger partial charge in [-0.1, -0.05) is 6.07 Å². The molecule has 0 spiro atoms. The fourth-order valence-electron chi connectivity index (χ4n) is 2.44. The number of halogens is 1. The highest BCUT2D eigenvalue weighted by molar-refractivity contribution is 6.62. The summed E-state index contributed by atoms with van der Waals surface area (Å²) in [6, 6.07) is 3.31. The Bertz CT molecular complexity index is 584. The van der Waals surface area contributed by atoms with Crippen LogP contribution >= 0.6 is 0 Å². The van der Waals surface area contributed by atoms with Crippen molar-refractivity contribution in [1.29, 1.82) is 0 Å². The zero-order valence-electron chi connectivity index (χ0n) is 12.0. The van der Waals surface area contributed by atoms with Crippen molar-refractivity contribution < 1.29 is 18.5 Å². The van der Waals surface area contributed by atoms with E-state index >= 15 is 0 Å². The average Bonchev–Trinajstić information content (AvgIpc) is 2.78. The van der Waals surface area contributed by atoms with E-state index in [1.165, 1.54) is 0 Å². The van der Waals surface area contributed by atoms with Crippen LogP contribution in [0.2, 0.25) is 0 Å². The lowest BCUT2D eigenvalue weighted by molar-refractivity contribution is -0.115. The molecule has 2 heterocycles. The van der Waals surface area contributed by atoms with Gasteiger partial charge in [0.05, 0.1) is 17.6 Å². The Hall–Kier alpha value is -1.40. The summed E-state index contributed by atoms with van der Waals surface area (Å²) in [6.07, 6.45) is 0.0640. The molecule has 0 unspecified atom stereocenters. The molecular weight excluding hydrogens is 260 g/mol. The molecule has 20 heavy (non-hydrogen) atoms. The number of fused-ring (bicyclic) bond motifs is 1. The molecule has 106 valence electrons. The Labute approximate surface area is 117 Å². The van der Waals surface area contributed by atoms with E-state index in [9.17, 15) is 9.18 Å². The average molecular weight is 277 g/mol. The topological polar surface area (TPSA) is 47.6 Å². The van der Waals surface area contributed by atoms with Crippen LogP contribution in [0, 0.1) is 5.82 Å². The van der Waals surface area contributed by atoms with Crippen LogP contribution in [0.3, 0.4) is 0 Å². The quantitative estimate of drug-likeness (QED) is 0.793. The van der Waals surface area contributed by atoms with Crippen LogP contribution < -0.4 is 10.8 Å². The van der Waals surface area contributed by atoms with Gasteiger partial charge >= 0.3 is 7.12 Å². The third-order valence-electron chi connectivity index (χ3n) is 4.39. The van der Waals surface area contributed by atoms with E-state index in [1.807, 2.05) is 27.7 Å². The molecule has 0 bridgehead atoms. The number of anilines is 1. The molecule has 1 amide bonds. The summed E-state index contributed by atoms with van der Waals surface area (Å²) in [6.45, 7) is 7.68. The van der Waals surface area contributed by atoms with Crippen LogP contribution in [0.5, 0.6) is 0 Å². The Balaban J connectivity index is 1.98. The molecule has 0 aliphatic carbocycles. The number of amides is 1. The Morgan fingerprint density at radius 2 is 1.80 bits per heavy atom. The van der Waals surface area contributed by atoms with Crippen LogP contribution in [0.25, 0.3) is 0 Å². The van der Waals surface area contributed by atoms with Crippen molar-refractivity contribution in [3.63, 3.8) is 0 Å². The van der Waals surface area contributed by atoms with Gasteiger partial charge in [-0.15, -0.1) is 0 Å². The number of carbonyl (C=O) groups is 1. The van der Waals surface area contributed by atoms with E-state index in [2.05, 4.69) is 5.32 Å². The second-order valence-electron chi connectivity index (χ2n) is 6.31. The first kappa shape index (κ1) is 13.6. The first-order valence-corrected chi connectivity index (χ1v) is 6.68. The summed E-state index contributed by atoms with van der Waals surface area (Å²) in [5.41, 5.74) is 0.239. The third kappa shape index (κ3) is 1.86. The number of nitrogens with one attached hydrogen (secondary N) is 1. The van der Waals surface area contributed by atoms with Crippen molar-refractivity contribution in [3.05, 3.63) is 23.5 Å². The first-order valence-electron chi connectivity index (χ1n) is 6.68. The van der Waals surface area contributed by atoms with Gasteiger partial charge < -0.3 is 14.6 Å². The largest absolute Gasteiger partial charge is 0.497 e. The predicted molar refractivity (Wildman–Crippen MR) is 74.4 cm³/mol. The summed E-state index contributed by atoms with van der Waals surface area (Å²) in [5.74, 6) is -0.607. The van der Waals surface area contributed by atoms with E-state index in [0.717, 1.165) is 0 Å². The van der Waals surface area contributed by atoms with Gasteiger partial charge in [-0.05, 0) is 33.8 Å². The summed E-state index contributed by atoms with van der Waals surface area (Å²) < 4.78 is 26.3. The smallest absolute Gasteiger partial charge is 0.399 e. The van der Waals surface area contributed by atoms with Gasteiger partial charge in [0.15, 0.2) is 0 Å². The molecule has 4 nitrogen and oxygen atoms in total. The molecule has 0 saturated carbocycles. The standard InChI is InChI=1S/C14H17BFNO3/c1-13(2)14(3,4)20-15(19-13)9-5-6-10-8(12(9)16)7-11(18)17-10/h5-6H,7H2,1-4H3,(H,17,18). The maximum absolute atomic E-state index is 14.6. The van der Waals surface area contributed by atoms with Crippen molar-refractivity contribution in [3.8, 4) is 0 Å². The van der Waals surface area contributed by atoms with Gasteiger partial charge in [-0.25, -0.2) is 4.39 Å². The molecule has 0 radical (unpaired) electrons. The fraction of sp³-hybridized carbons (Fsp3) is 0.500. The minimum Gasteiger partial charge on any atom is -0.399 e. The van der Waals surface area contributed by atoms with Crippen LogP contribution in [-0.2, 0) is 20.5 Å². The van der Waals surface area contributed by atoms with Gasteiger partial charge in [0.2, 0.25) is 5.91 Å². The molecule has 1 aromatic rings. The number of carbonyl (C=O) groups excluding carboxylic acids is 1. The highest BCUT2D eigenvalue weighted by atomic mass is 19.1. The van der Waals surface area contributed by atoms with Gasteiger partial charge in [-0.3, -0.25) is 4.79 Å². The maximum atomic E-state index is 14.6. The van der Waals surface area contributed by atoms with Crippen molar-refractivity contribution >= 4 is 24.2 Å². The Morgan fingerprint density at radius 1 is 1.20 bits per heavy atom. The molecular formula is C14H17BFNO3. The van der Waals surface area contributed by atoms with E-state index in [-0.39, 0.29) is 12.3 Å².